The third-order valence-electron chi connectivity index (χ3n) is 2.82. The van der Waals surface area contributed by atoms with Crippen molar-refractivity contribution in [1.82, 2.24) is 5.32 Å². The molecule has 0 spiro atoms. The van der Waals surface area contributed by atoms with Crippen LogP contribution < -0.4 is 10.5 Å². The normalized spacial score (nSPS) is 16.9. The lowest BCUT2D eigenvalue weighted by Gasteiger charge is -2.24. The number of sulfonamides is 1. The third-order valence-corrected chi connectivity index (χ3v) is 3.73. The first-order valence-corrected chi connectivity index (χ1v) is 7.40. The van der Waals surface area contributed by atoms with Crippen LogP contribution in [0, 0.1) is 0 Å². The SMILES string of the molecule is CC(NCC(C)(O)CO)c1cccc(S(N)(=O)=O)c1. The summed E-state index contributed by atoms with van der Waals surface area (Å²) >= 11 is 0. The molecule has 0 radical (unpaired) electrons. The van der Waals surface area contributed by atoms with Gasteiger partial charge in [-0.05, 0) is 31.5 Å². The van der Waals surface area contributed by atoms with Gasteiger partial charge < -0.3 is 15.5 Å². The van der Waals surface area contributed by atoms with Crippen LogP contribution in [0.3, 0.4) is 0 Å². The Labute approximate surface area is 113 Å². The van der Waals surface area contributed by atoms with E-state index >= 15 is 0 Å². The maximum atomic E-state index is 11.3. The summed E-state index contributed by atoms with van der Waals surface area (Å²) in [6.07, 6.45) is 0. The Kier molecular flexibility index (Phi) is 5.05. The minimum atomic E-state index is -3.72. The molecule has 0 aliphatic carbocycles. The van der Waals surface area contributed by atoms with Crippen molar-refractivity contribution in [2.45, 2.75) is 30.4 Å². The van der Waals surface area contributed by atoms with Crippen LogP contribution in [0.25, 0.3) is 0 Å². The molecule has 0 aliphatic heterocycles. The van der Waals surface area contributed by atoms with E-state index in [1.807, 2.05) is 6.92 Å². The molecule has 0 aliphatic rings. The molecule has 19 heavy (non-hydrogen) atoms. The number of rotatable bonds is 6. The molecular weight excluding hydrogens is 268 g/mol. The summed E-state index contributed by atoms with van der Waals surface area (Å²) in [5.41, 5.74) is -0.480. The summed E-state index contributed by atoms with van der Waals surface area (Å²) in [6.45, 7) is 3.16. The number of primary sulfonamides is 1. The van der Waals surface area contributed by atoms with E-state index in [0.717, 1.165) is 5.56 Å². The fourth-order valence-corrected chi connectivity index (χ4v) is 2.08. The Bertz CT molecular complexity index is 528. The monoisotopic (exact) mass is 288 g/mol. The maximum absolute atomic E-state index is 11.3. The zero-order valence-corrected chi connectivity index (χ0v) is 11.8. The second-order valence-corrected chi connectivity index (χ2v) is 6.44. The maximum Gasteiger partial charge on any atom is 0.238 e. The molecule has 1 rings (SSSR count). The van der Waals surface area contributed by atoms with Gasteiger partial charge in [0, 0.05) is 12.6 Å². The van der Waals surface area contributed by atoms with E-state index in [4.69, 9.17) is 10.2 Å². The molecule has 6 nitrogen and oxygen atoms in total. The number of aliphatic hydroxyl groups excluding tert-OH is 1. The summed E-state index contributed by atoms with van der Waals surface area (Å²) < 4.78 is 22.5. The van der Waals surface area contributed by atoms with E-state index in [9.17, 15) is 13.5 Å². The van der Waals surface area contributed by atoms with Crippen LogP contribution in [0.1, 0.15) is 25.5 Å². The van der Waals surface area contributed by atoms with Crippen molar-refractivity contribution in [2.24, 2.45) is 5.14 Å². The van der Waals surface area contributed by atoms with Crippen molar-refractivity contribution in [2.75, 3.05) is 13.2 Å². The van der Waals surface area contributed by atoms with Gasteiger partial charge in [-0.25, -0.2) is 13.6 Å². The predicted octanol–water partition coefficient (Wildman–Crippen LogP) is -0.272. The molecule has 0 saturated heterocycles. The Hall–Kier alpha value is -0.990. The van der Waals surface area contributed by atoms with Crippen LogP contribution in [-0.2, 0) is 10.0 Å². The molecule has 1 aromatic rings. The van der Waals surface area contributed by atoms with Crippen LogP contribution in [-0.4, -0.2) is 37.4 Å². The van der Waals surface area contributed by atoms with Gasteiger partial charge in [-0.2, -0.15) is 0 Å². The molecular formula is C12H20N2O4S. The van der Waals surface area contributed by atoms with E-state index in [-0.39, 0.29) is 24.1 Å². The van der Waals surface area contributed by atoms with Crippen LogP contribution in [0.2, 0.25) is 0 Å². The standard InChI is InChI=1S/C12H20N2O4S/c1-9(14-7-12(2,16)8-15)10-4-3-5-11(6-10)19(13,17)18/h3-6,9,14-16H,7-8H2,1-2H3,(H2,13,17,18). The minimum absolute atomic E-state index is 0.0487. The topological polar surface area (TPSA) is 113 Å². The molecule has 1 aromatic carbocycles. The lowest BCUT2D eigenvalue weighted by Crippen LogP contribution is -2.41. The largest absolute Gasteiger partial charge is 0.393 e. The van der Waals surface area contributed by atoms with Gasteiger partial charge in [0.25, 0.3) is 0 Å². The number of nitrogens with one attached hydrogen (secondary N) is 1. The van der Waals surface area contributed by atoms with Crippen LogP contribution in [0.5, 0.6) is 0 Å². The smallest absolute Gasteiger partial charge is 0.238 e. The fraction of sp³-hybridized carbons (Fsp3) is 0.500. The van der Waals surface area contributed by atoms with Gasteiger partial charge in [-0.1, -0.05) is 12.1 Å². The van der Waals surface area contributed by atoms with E-state index in [1.54, 1.807) is 12.1 Å². The number of nitrogens with two attached hydrogens (primary N) is 1. The number of aliphatic hydroxyl groups is 2. The highest BCUT2D eigenvalue weighted by Crippen LogP contribution is 2.17. The lowest BCUT2D eigenvalue weighted by molar-refractivity contribution is 0.00105. The van der Waals surface area contributed by atoms with Crippen molar-refractivity contribution in [1.29, 1.82) is 0 Å². The summed E-state index contributed by atoms with van der Waals surface area (Å²) in [5.74, 6) is 0. The highest BCUT2D eigenvalue weighted by Gasteiger charge is 2.20. The van der Waals surface area contributed by atoms with E-state index < -0.39 is 15.6 Å². The predicted molar refractivity (Wildman–Crippen MR) is 71.9 cm³/mol. The molecule has 7 heteroatoms. The van der Waals surface area contributed by atoms with Gasteiger partial charge in [0.05, 0.1) is 17.1 Å². The molecule has 0 saturated carbocycles. The first-order valence-electron chi connectivity index (χ1n) is 5.85. The van der Waals surface area contributed by atoms with Gasteiger partial charge in [0.1, 0.15) is 0 Å². The van der Waals surface area contributed by atoms with Gasteiger partial charge >= 0.3 is 0 Å². The molecule has 108 valence electrons. The molecule has 0 fully saturated rings. The first-order chi connectivity index (χ1) is 8.65. The molecule has 2 unspecified atom stereocenters. The van der Waals surface area contributed by atoms with Gasteiger partial charge in [0.15, 0.2) is 0 Å². The Balaban J connectivity index is 2.81. The molecule has 2 atom stereocenters. The van der Waals surface area contributed by atoms with Crippen LogP contribution in [0.15, 0.2) is 29.2 Å². The highest BCUT2D eigenvalue weighted by molar-refractivity contribution is 7.89. The quantitative estimate of drug-likeness (QED) is 0.575. The Morgan fingerprint density at radius 3 is 2.63 bits per heavy atom. The fourth-order valence-electron chi connectivity index (χ4n) is 1.51. The van der Waals surface area contributed by atoms with E-state index in [0.29, 0.717) is 0 Å². The number of benzene rings is 1. The third kappa shape index (κ3) is 4.88. The van der Waals surface area contributed by atoms with Gasteiger partial charge in [-0.3, -0.25) is 0 Å². The molecule has 0 heterocycles. The summed E-state index contributed by atoms with van der Waals surface area (Å²) in [5, 5.41) is 26.7. The average molecular weight is 288 g/mol. The second-order valence-electron chi connectivity index (χ2n) is 4.88. The first kappa shape index (κ1) is 16.1. The van der Waals surface area contributed by atoms with Gasteiger partial charge in [-0.15, -0.1) is 0 Å². The average Bonchev–Trinajstić information content (AvgIpc) is 2.35. The summed E-state index contributed by atoms with van der Waals surface area (Å²) in [7, 11) is -3.72. The Morgan fingerprint density at radius 2 is 2.11 bits per heavy atom. The molecule has 0 amide bonds. The van der Waals surface area contributed by atoms with Crippen molar-refractivity contribution >= 4 is 10.0 Å². The van der Waals surface area contributed by atoms with Crippen molar-refractivity contribution in [3.63, 3.8) is 0 Å². The zero-order chi connectivity index (χ0) is 14.7. The van der Waals surface area contributed by atoms with Crippen molar-refractivity contribution < 1.29 is 18.6 Å². The van der Waals surface area contributed by atoms with E-state index in [2.05, 4.69) is 5.32 Å². The summed E-state index contributed by atoms with van der Waals surface area (Å²) in [4.78, 5) is 0.0487. The second kappa shape index (κ2) is 5.98. The number of hydrogen-bond acceptors (Lipinski definition) is 5. The van der Waals surface area contributed by atoms with Gasteiger partial charge in [0.2, 0.25) is 10.0 Å². The highest BCUT2D eigenvalue weighted by atomic mass is 32.2. The van der Waals surface area contributed by atoms with Crippen molar-refractivity contribution in [3.8, 4) is 0 Å². The lowest BCUT2D eigenvalue weighted by atomic mass is 10.1. The number of hydrogen-bond donors (Lipinski definition) is 4. The van der Waals surface area contributed by atoms with Crippen LogP contribution >= 0.6 is 0 Å². The molecule has 0 aromatic heterocycles. The van der Waals surface area contributed by atoms with E-state index in [1.165, 1.54) is 19.1 Å². The Morgan fingerprint density at radius 1 is 1.47 bits per heavy atom. The van der Waals surface area contributed by atoms with Crippen molar-refractivity contribution in [3.05, 3.63) is 29.8 Å². The summed E-state index contributed by atoms with van der Waals surface area (Å²) in [6, 6.07) is 6.10. The molecule has 0 bridgehead atoms. The van der Waals surface area contributed by atoms with Crippen LogP contribution in [0.4, 0.5) is 0 Å². The minimum Gasteiger partial charge on any atom is -0.393 e. The molecule has 5 N–H and O–H groups in total. The zero-order valence-electron chi connectivity index (χ0n) is 11.0.